The molecule has 0 amide bonds. The van der Waals surface area contributed by atoms with E-state index in [1.807, 2.05) is 24.3 Å². The molecule has 3 nitrogen and oxygen atoms in total. The van der Waals surface area contributed by atoms with Crippen LogP contribution in [0.4, 0.5) is 0 Å². The molecule has 0 aliphatic heterocycles. The number of Topliss-reactive ketones (excluding diaryl/α,β-unsaturated/α-hetero) is 1. The minimum absolute atomic E-state index is 0.0187. The van der Waals surface area contributed by atoms with Crippen LogP contribution in [0.1, 0.15) is 18.5 Å². The normalized spacial score (nSPS) is 13.0. The lowest BCUT2D eigenvalue weighted by Crippen LogP contribution is -2.17. The van der Waals surface area contributed by atoms with Crippen LogP contribution < -0.4 is 5.73 Å². The van der Waals surface area contributed by atoms with Crippen molar-refractivity contribution in [3.63, 3.8) is 0 Å². The molecule has 1 aromatic heterocycles. The van der Waals surface area contributed by atoms with Gasteiger partial charge in [0.2, 0.25) is 0 Å². The third-order valence-corrected chi connectivity index (χ3v) is 2.39. The maximum Gasteiger partial charge on any atom is 0.151 e. The summed E-state index contributed by atoms with van der Waals surface area (Å²) in [7, 11) is 0. The molecule has 0 bridgehead atoms. The van der Waals surface area contributed by atoms with Gasteiger partial charge in [-0.05, 0) is 13.0 Å². The number of hydrogen-bond donors (Lipinski definition) is 2. The van der Waals surface area contributed by atoms with Crippen molar-refractivity contribution in [2.45, 2.75) is 13.0 Å². The summed E-state index contributed by atoms with van der Waals surface area (Å²) in [6.45, 7) is 1.51. The molecule has 0 aliphatic carbocycles. The lowest BCUT2D eigenvalue weighted by molar-refractivity contribution is -0.118. The number of para-hydroxylation sites is 1. The monoisotopic (exact) mass is 188 g/mol. The first kappa shape index (κ1) is 8.97. The summed E-state index contributed by atoms with van der Waals surface area (Å²) in [5, 5.41) is 1.02. The fourth-order valence-electron chi connectivity index (χ4n) is 1.57. The highest BCUT2D eigenvalue weighted by atomic mass is 16.1. The molecule has 2 rings (SSSR count). The lowest BCUT2D eigenvalue weighted by atomic mass is 10.0. The van der Waals surface area contributed by atoms with Gasteiger partial charge < -0.3 is 10.7 Å². The summed E-state index contributed by atoms with van der Waals surface area (Å²) in [6.07, 6.45) is 1.80. The highest BCUT2D eigenvalue weighted by molar-refractivity contribution is 5.91. The van der Waals surface area contributed by atoms with E-state index in [1.54, 1.807) is 6.20 Å². The fraction of sp³-hybridized carbons (Fsp3) is 0.182. The van der Waals surface area contributed by atoms with Crippen LogP contribution in [0.25, 0.3) is 10.9 Å². The van der Waals surface area contributed by atoms with Crippen molar-refractivity contribution in [3.05, 3.63) is 36.0 Å². The largest absolute Gasteiger partial charge is 0.361 e. The molecule has 0 fully saturated rings. The van der Waals surface area contributed by atoms with Gasteiger partial charge in [0.1, 0.15) is 0 Å². The highest BCUT2D eigenvalue weighted by Crippen LogP contribution is 2.22. The van der Waals surface area contributed by atoms with Gasteiger partial charge in [-0.15, -0.1) is 0 Å². The lowest BCUT2D eigenvalue weighted by Gasteiger charge is -2.05. The van der Waals surface area contributed by atoms with Crippen molar-refractivity contribution in [3.8, 4) is 0 Å². The molecule has 0 radical (unpaired) electrons. The first-order valence-electron chi connectivity index (χ1n) is 4.52. The number of carbonyl (C=O) groups excluding carboxylic acids is 1. The van der Waals surface area contributed by atoms with Gasteiger partial charge >= 0.3 is 0 Å². The first-order chi connectivity index (χ1) is 6.70. The Morgan fingerprint density at radius 3 is 2.86 bits per heavy atom. The van der Waals surface area contributed by atoms with Gasteiger partial charge in [0.05, 0.1) is 6.04 Å². The summed E-state index contributed by atoms with van der Waals surface area (Å²) in [5.74, 6) is -0.0187. The first-order valence-corrected chi connectivity index (χ1v) is 4.52. The zero-order valence-electron chi connectivity index (χ0n) is 7.95. The molecule has 1 aromatic carbocycles. The van der Waals surface area contributed by atoms with Crippen molar-refractivity contribution in [1.29, 1.82) is 0 Å². The Hall–Kier alpha value is -1.61. The quantitative estimate of drug-likeness (QED) is 0.754. The van der Waals surface area contributed by atoms with Crippen LogP contribution >= 0.6 is 0 Å². The molecular weight excluding hydrogens is 176 g/mol. The summed E-state index contributed by atoms with van der Waals surface area (Å²) < 4.78 is 0. The van der Waals surface area contributed by atoms with Crippen molar-refractivity contribution in [1.82, 2.24) is 4.98 Å². The Morgan fingerprint density at radius 1 is 1.43 bits per heavy atom. The minimum atomic E-state index is -0.522. The molecule has 0 saturated carbocycles. The zero-order chi connectivity index (χ0) is 10.1. The number of aromatic amines is 1. The third kappa shape index (κ3) is 1.32. The molecule has 1 unspecified atom stereocenters. The average molecular weight is 188 g/mol. The molecule has 72 valence electrons. The van der Waals surface area contributed by atoms with Crippen molar-refractivity contribution >= 4 is 16.7 Å². The standard InChI is InChI=1S/C11H12N2O/c1-7(14)11(12)9-6-13-10-5-3-2-4-8(9)10/h2-6,11,13H,12H2,1H3. The molecular formula is C11H12N2O. The number of carbonyl (C=O) groups is 1. The van der Waals surface area contributed by atoms with E-state index in [9.17, 15) is 4.79 Å². The number of nitrogens with one attached hydrogen (secondary N) is 1. The predicted octanol–water partition coefficient (Wildman–Crippen LogP) is 1.76. The average Bonchev–Trinajstić information content (AvgIpc) is 2.60. The van der Waals surface area contributed by atoms with Gasteiger partial charge in [0.15, 0.2) is 5.78 Å². The molecule has 1 atom stereocenters. The summed E-state index contributed by atoms with van der Waals surface area (Å²) in [6, 6.07) is 7.29. The number of aromatic nitrogens is 1. The van der Waals surface area contributed by atoms with Gasteiger partial charge in [0, 0.05) is 22.7 Å². The van der Waals surface area contributed by atoms with Crippen molar-refractivity contribution in [2.75, 3.05) is 0 Å². The van der Waals surface area contributed by atoms with Crippen LogP contribution in [0, 0.1) is 0 Å². The molecule has 3 N–H and O–H groups in total. The predicted molar refractivity (Wildman–Crippen MR) is 55.9 cm³/mol. The van der Waals surface area contributed by atoms with E-state index in [4.69, 9.17) is 5.73 Å². The van der Waals surface area contributed by atoms with Crippen LogP contribution in [0.5, 0.6) is 0 Å². The summed E-state index contributed by atoms with van der Waals surface area (Å²) in [5.41, 5.74) is 7.66. The van der Waals surface area contributed by atoms with E-state index >= 15 is 0 Å². The van der Waals surface area contributed by atoms with E-state index in [0.717, 1.165) is 16.5 Å². The topological polar surface area (TPSA) is 58.9 Å². The SMILES string of the molecule is CC(=O)C(N)c1c[nH]c2ccccc12. The molecule has 14 heavy (non-hydrogen) atoms. The third-order valence-electron chi connectivity index (χ3n) is 2.39. The van der Waals surface area contributed by atoms with E-state index in [1.165, 1.54) is 6.92 Å². The Labute approximate surface area is 81.9 Å². The fourth-order valence-corrected chi connectivity index (χ4v) is 1.57. The number of rotatable bonds is 2. The maximum atomic E-state index is 11.1. The highest BCUT2D eigenvalue weighted by Gasteiger charge is 2.14. The van der Waals surface area contributed by atoms with E-state index in [-0.39, 0.29) is 5.78 Å². The van der Waals surface area contributed by atoms with Gasteiger partial charge in [-0.2, -0.15) is 0 Å². The van der Waals surface area contributed by atoms with Crippen LogP contribution in [-0.2, 0) is 4.79 Å². The van der Waals surface area contributed by atoms with Crippen LogP contribution in [0.3, 0.4) is 0 Å². The zero-order valence-corrected chi connectivity index (χ0v) is 7.95. The number of nitrogens with two attached hydrogens (primary N) is 1. The summed E-state index contributed by atoms with van der Waals surface area (Å²) in [4.78, 5) is 14.2. The minimum Gasteiger partial charge on any atom is -0.361 e. The molecule has 0 spiro atoms. The molecule has 3 heteroatoms. The van der Waals surface area contributed by atoms with E-state index < -0.39 is 6.04 Å². The Morgan fingerprint density at radius 2 is 2.14 bits per heavy atom. The molecule has 0 saturated heterocycles. The smallest absolute Gasteiger partial charge is 0.151 e. The van der Waals surface area contributed by atoms with Crippen LogP contribution in [0.15, 0.2) is 30.5 Å². The van der Waals surface area contributed by atoms with Gasteiger partial charge in [-0.3, -0.25) is 4.79 Å². The van der Waals surface area contributed by atoms with Crippen LogP contribution in [-0.4, -0.2) is 10.8 Å². The molecule has 0 aliphatic rings. The second kappa shape index (κ2) is 3.27. The Bertz CT molecular complexity index is 473. The maximum absolute atomic E-state index is 11.1. The van der Waals surface area contributed by atoms with Gasteiger partial charge in [-0.1, -0.05) is 18.2 Å². The van der Waals surface area contributed by atoms with Gasteiger partial charge in [0.25, 0.3) is 0 Å². The van der Waals surface area contributed by atoms with Crippen molar-refractivity contribution in [2.24, 2.45) is 5.73 Å². The van der Waals surface area contributed by atoms with Gasteiger partial charge in [-0.25, -0.2) is 0 Å². The summed E-state index contributed by atoms with van der Waals surface area (Å²) >= 11 is 0. The molecule has 1 heterocycles. The number of hydrogen-bond acceptors (Lipinski definition) is 2. The molecule has 2 aromatic rings. The van der Waals surface area contributed by atoms with Crippen molar-refractivity contribution < 1.29 is 4.79 Å². The number of fused-ring (bicyclic) bond motifs is 1. The second-order valence-corrected chi connectivity index (χ2v) is 3.38. The number of benzene rings is 1. The Balaban J connectivity index is 2.58. The van der Waals surface area contributed by atoms with E-state index in [2.05, 4.69) is 4.98 Å². The Kier molecular flexibility index (Phi) is 2.09. The number of ketones is 1. The second-order valence-electron chi connectivity index (χ2n) is 3.38. The van der Waals surface area contributed by atoms with Crippen LogP contribution in [0.2, 0.25) is 0 Å². The van der Waals surface area contributed by atoms with E-state index in [0.29, 0.717) is 0 Å². The number of H-pyrrole nitrogens is 1.